The number of nitrogens with one attached hydrogen (secondary N) is 1. The summed E-state index contributed by atoms with van der Waals surface area (Å²) < 4.78 is 4.82. The second-order valence-electron chi connectivity index (χ2n) is 4.28. The van der Waals surface area contributed by atoms with Gasteiger partial charge in [0.2, 0.25) is 5.91 Å². The van der Waals surface area contributed by atoms with Crippen LogP contribution in [0.4, 0.5) is 5.69 Å². The number of hydrogen-bond acceptors (Lipinski definition) is 5. The molecule has 2 rings (SSSR count). The third-order valence-electron chi connectivity index (χ3n) is 2.67. The average molecular weight is 274 g/mol. The van der Waals surface area contributed by atoms with Crippen LogP contribution in [-0.2, 0) is 4.79 Å². The van der Waals surface area contributed by atoms with Crippen LogP contribution in [-0.4, -0.2) is 17.0 Å². The number of aromatic nitrogens is 1. The van der Waals surface area contributed by atoms with Gasteiger partial charge in [-0.2, -0.15) is 0 Å². The standard InChI is InChI=1S/C13H14N4O3/c1-7-5-10(17-20-7)13(19)16-9-4-2-3-8(6-9)11(14)12(15)18/h2-6,11H,14H2,1H3,(H2,15,18)(H,16,19). The van der Waals surface area contributed by atoms with Gasteiger partial charge < -0.3 is 21.3 Å². The number of benzene rings is 1. The Bertz CT molecular complexity index is 651. The fraction of sp³-hybridized carbons (Fsp3) is 0.154. The highest BCUT2D eigenvalue weighted by Crippen LogP contribution is 2.16. The Morgan fingerprint density at radius 3 is 2.70 bits per heavy atom. The largest absolute Gasteiger partial charge is 0.368 e. The molecular formula is C13H14N4O3. The van der Waals surface area contributed by atoms with Gasteiger partial charge in [-0.25, -0.2) is 0 Å². The number of carbonyl (C=O) groups is 2. The molecule has 1 heterocycles. The molecular weight excluding hydrogens is 260 g/mol. The molecule has 2 amide bonds. The van der Waals surface area contributed by atoms with Crippen molar-refractivity contribution in [1.82, 2.24) is 5.16 Å². The molecule has 104 valence electrons. The highest BCUT2D eigenvalue weighted by Gasteiger charge is 2.14. The predicted octanol–water partition coefficient (Wildman–Crippen LogP) is 0.720. The quantitative estimate of drug-likeness (QED) is 0.757. The second-order valence-corrected chi connectivity index (χ2v) is 4.28. The number of rotatable bonds is 4. The molecule has 5 N–H and O–H groups in total. The van der Waals surface area contributed by atoms with E-state index in [1.807, 2.05) is 0 Å². The summed E-state index contributed by atoms with van der Waals surface area (Å²) in [7, 11) is 0. The van der Waals surface area contributed by atoms with E-state index in [9.17, 15) is 9.59 Å². The van der Waals surface area contributed by atoms with Crippen LogP contribution in [0.2, 0.25) is 0 Å². The SMILES string of the molecule is Cc1cc(C(=O)Nc2cccc(C(N)C(N)=O)c2)no1. The number of amides is 2. The molecule has 0 bridgehead atoms. The normalized spacial score (nSPS) is 11.9. The molecule has 0 saturated carbocycles. The first-order valence-corrected chi connectivity index (χ1v) is 5.87. The van der Waals surface area contributed by atoms with Gasteiger partial charge in [0.05, 0.1) is 0 Å². The Kier molecular flexibility index (Phi) is 3.81. The highest BCUT2D eigenvalue weighted by molar-refractivity contribution is 6.02. The van der Waals surface area contributed by atoms with Gasteiger partial charge in [0, 0.05) is 11.8 Å². The van der Waals surface area contributed by atoms with Crippen molar-refractivity contribution in [3.63, 3.8) is 0 Å². The summed E-state index contributed by atoms with van der Waals surface area (Å²) in [6, 6.07) is 7.19. The van der Waals surface area contributed by atoms with Crippen LogP contribution in [0.1, 0.15) is 27.9 Å². The minimum atomic E-state index is -0.916. The van der Waals surface area contributed by atoms with E-state index in [1.54, 1.807) is 31.2 Å². The maximum Gasteiger partial charge on any atom is 0.277 e. The fourth-order valence-electron chi connectivity index (χ4n) is 1.64. The van der Waals surface area contributed by atoms with E-state index in [2.05, 4.69) is 10.5 Å². The molecule has 0 radical (unpaired) electrons. The van der Waals surface area contributed by atoms with Gasteiger partial charge >= 0.3 is 0 Å². The molecule has 0 spiro atoms. The first-order chi connectivity index (χ1) is 9.47. The van der Waals surface area contributed by atoms with E-state index in [4.69, 9.17) is 16.0 Å². The predicted molar refractivity (Wildman–Crippen MR) is 71.8 cm³/mol. The number of nitrogens with two attached hydrogens (primary N) is 2. The molecule has 2 aromatic rings. The fourth-order valence-corrected chi connectivity index (χ4v) is 1.64. The third kappa shape index (κ3) is 3.01. The van der Waals surface area contributed by atoms with Gasteiger partial charge in [-0.1, -0.05) is 17.3 Å². The summed E-state index contributed by atoms with van der Waals surface area (Å²) >= 11 is 0. The van der Waals surface area contributed by atoms with Crippen LogP contribution >= 0.6 is 0 Å². The first kappa shape index (κ1) is 13.8. The van der Waals surface area contributed by atoms with Crippen molar-refractivity contribution in [2.75, 3.05) is 5.32 Å². The zero-order valence-corrected chi connectivity index (χ0v) is 10.8. The van der Waals surface area contributed by atoms with Crippen LogP contribution in [0.15, 0.2) is 34.9 Å². The lowest BCUT2D eigenvalue weighted by molar-refractivity contribution is -0.119. The molecule has 0 saturated heterocycles. The molecule has 7 nitrogen and oxygen atoms in total. The van der Waals surface area contributed by atoms with Gasteiger partial charge in [0.1, 0.15) is 11.8 Å². The van der Waals surface area contributed by atoms with Crippen molar-refractivity contribution in [3.05, 3.63) is 47.3 Å². The van der Waals surface area contributed by atoms with Gasteiger partial charge in [-0.05, 0) is 24.6 Å². The van der Waals surface area contributed by atoms with Crippen LogP contribution in [0, 0.1) is 6.92 Å². The maximum absolute atomic E-state index is 11.9. The van der Waals surface area contributed by atoms with Crippen LogP contribution < -0.4 is 16.8 Å². The molecule has 0 fully saturated rings. The number of hydrogen-bond donors (Lipinski definition) is 3. The van der Waals surface area contributed by atoms with Crippen LogP contribution in [0.25, 0.3) is 0 Å². The number of carbonyl (C=O) groups excluding carboxylic acids is 2. The lowest BCUT2D eigenvalue weighted by Gasteiger charge is -2.10. The molecule has 20 heavy (non-hydrogen) atoms. The second kappa shape index (κ2) is 5.54. The topological polar surface area (TPSA) is 124 Å². The summed E-state index contributed by atoms with van der Waals surface area (Å²) in [5.74, 6) is -0.507. The number of nitrogens with zero attached hydrogens (tertiary/aromatic N) is 1. The first-order valence-electron chi connectivity index (χ1n) is 5.87. The van der Waals surface area contributed by atoms with E-state index >= 15 is 0 Å². The summed E-state index contributed by atoms with van der Waals surface area (Å²) in [5.41, 5.74) is 12.0. The summed E-state index contributed by atoms with van der Waals surface area (Å²) in [5, 5.41) is 6.25. The molecule has 1 aromatic carbocycles. The summed E-state index contributed by atoms with van der Waals surface area (Å²) in [4.78, 5) is 22.9. The van der Waals surface area contributed by atoms with Crippen molar-refractivity contribution < 1.29 is 14.1 Å². The number of primary amides is 1. The van der Waals surface area contributed by atoms with Gasteiger partial charge in [-0.15, -0.1) is 0 Å². The third-order valence-corrected chi connectivity index (χ3v) is 2.67. The summed E-state index contributed by atoms with van der Waals surface area (Å²) in [6.07, 6.45) is 0. The van der Waals surface area contributed by atoms with Gasteiger partial charge in [0.15, 0.2) is 5.69 Å². The lowest BCUT2D eigenvalue weighted by Crippen LogP contribution is -2.28. The minimum Gasteiger partial charge on any atom is -0.368 e. The molecule has 1 aromatic heterocycles. The molecule has 0 aliphatic carbocycles. The summed E-state index contributed by atoms with van der Waals surface area (Å²) in [6.45, 7) is 1.69. The molecule has 1 unspecified atom stereocenters. The zero-order valence-electron chi connectivity index (χ0n) is 10.8. The van der Waals surface area contributed by atoms with E-state index < -0.39 is 17.9 Å². The highest BCUT2D eigenvalue weighted by atomic mass is 16.5. The van der Waals surface area contributed by atoms with Gasteiger partial charge in [-0.3, -0.25) is 9.59 Å². The van der Waals surface area contributed by atoms with Crippen LogP contribution in [0.5, 0.6) is 0 Å². The number of aryl methyl sites for hydroxylation is 1. The van der Waals surface area contributed by atoms with E-state index in [1.165, 1.54) is 6.07 Å². The zero-order chi connectivity index (χ0) is 14.7. The van der Waals surface area contributed by atoms with E-state index in [0.717, 1.165) is 0 Å². The Hall–Kier alpha value is -2.67. The molecule has 0 aliphatic heterocycles. The monoisotopic (exact) mass is 274 g/mol. The lowest BCUT2D eigenvalue weighted by atomic mass is 10.1. The Labute approximate surface area is 114 Å². The Balaban J connectivity index is 2.16. The molecule has 7 heteroatoms. The smallest absolute Gasteiger partial charge is 0.277 e. The van der Waals surface area contributed by atoms with Crippen LogP contribution in [0.3, 0.4) is 0 Å². The Morgan fingerprint density at radius 2 is 2.10 bits per heavy atom. The van der Waals surface area contributed by atoms with Crippen molar-refractivity contribution in [2.45, 2.75) is 13.0 Å². The number of anilines is 1. The molecule has 1 atom stereocenters. The van der Waals surface area contributed by atoms with Crippen molar-refractivity contribution in [1.29, 1.82) is 0 Å². The molecule has 0 aliphatic rings. The minimum absolute atomic E-state index is 0.173. The van der Waals surface area contributed by atoms with E-state index in [-0.39, 0.29) is 5.69 Å². The van der Waals surface area contributed by atoms with Crippen molar-refractivity contribution in [2.24, 2.45) is 11.5 Å². The average Bonchev–Trinajstić information content (AvgIpc) is 2.85. The maximum atomic E-state index is 11.9. The van der Waals surface area contributed by atoms with Crippen molar-refractivity contribution >= 4 is 17.5 Å². The van der Waals surface area contributed by atoms with Gasteiger partial charge in [0.25, 0.3) is 5.91 Å². The Morgan fingerprint density at radius 1 is 1.35 bits per heavy atom. The van der Waals surface area contributed by atoms with E-state index in [0.29, 0.717) is 17.0 Å². The van der Waals surface area contributed by atoms with Crippen molar-refractivity contribution in [3.8, 4) is 0 Å².